The van der Waals surface area contributed by atoms with Crippen molar-refractivity contribution in [1.29, 1.82) is 0 Å². The molecule has 5 amide bonds. The fraction of sp³-hybridized carbons (Fsp3) is 0.419. The minimum Gasteiger partial charge on any atom is -0.444 e. The minimum absolute atomic E-state index is 0.0683. The second-order valence-corrected chi connectivity index (χ2v) is 16.9. The van der Waals surface area contributed by atoms with Gasteiger partial charge in [-0.3, -0.25) is 35.5 Å². The molecule has 4 rings (SSSR count). The normalized spacial score (nSPS) is 13.2. The van der Waals surface area contributed by atoms with E-state index in [1.165, 1.54) is 6.20 Å². The van der Waals surface area contributed by atoms with Crippen LogP contribution in [0.3, 0.4) is 0 Å². The van der Waals surface area contributed by atoms with E-state index in [2.05, 4.69) is 46.5 Å². The number of rotatable bonds is 7. The fourth-order valence-electron chi connectivity index (χ4n) is 5.54. The Kier molecular flexibility index (Phi) is 15.3. The van der Waals surface area contributed by atoms with Crippen molar-refractivity contribution < 1.29 is 38.2 Å². The Morgan fingerprint density at radius 1 is 0.721 bits per heavy atom. The number of guanidine groups is 2. The molecule has 0 aliphatic carbocycles. The molecule has 0 unspecified atom stereocenters. The van der Waals surface area contributed by atoms with Crippen LogP contribution in [0, 0.1) is 6.92 Å². The first-order valence-corrected chi connectivity index (χ1v) is 19.6. The maximum Gasteiger partial charge on any atom is 0.414 e. The quantitative estimate of drug-likeness (QED) is 0.0945. The summed E-state index contributed by atoms with van der Waals surface area (Å²) in [5, 5.41) is 13.2. The predicted octanol–water partition coefficient (Wildman–Crippen LogP) is 6.79. The summed E-state index contributed by atoms with van der Waals surface area (Å²) in [7, 11) is 1.60. The average molecular weight is 841 g/mol. The van der Waals surface area contributed by atoms with Crippen molar-refractivity contribution in [3.05, 3.63) is 88.9 Å². The van der Waals surface area contributed by atoms with E-state index >= 15 is 0 Å². The van der Waals surface area contributed by atoms with E-state index < -0.39 is 46.9 Å². The van der Waals surface area contributed by atoms with Crippen LogP contribution in [0.2, 0.25) is 0 Å². The first-order chi connectivity index (χ1) is 28.5. The van der Waals surface area contributed by atoms with Crippen molar-refractivity contribution in [3.8, 4) is 0 Å². The molecule has 0 spiro atoms. The van der Waals surface area contributed by atoms with Crippen LogP contribution in [0.5, 0.6) is 0 Å². The lowest BCUT2D eigenvalue weighted by molar-refractivity contribution is 0.0532. The van der Waals surface area contributed by atoms with E-state index in [1.54, 1.807) is 118 Å². The summed E-state index contributed by atoms with van der Waals surface area (Å²) < 4.78 is 15.9. The molecule has 18 heteroatoms. The minimum atomic E-state index is -0.804. The van der Waals surface area contributed by atoms with Gasteiger partial charge in [0.25, 0.3) is 11.8 Å². The van der Waals surface area contributed by atoms with E-state index in [-0.39, 0.29) is 18.3 Å². The number of carbonyl (C=O) groups is 5. The first-order valence-electron chi connectivity index (χ1n) is 19.6. The molecule has 2 aromatic carbocycles. The summed E-state index contributed by atoms with van der Waals surface area (Å²) in [6, 6.07) is 13.0. The molecule has 1 aliphatic rings. The Hall–Kier alpha value is -6.85. The van der Waals surface area contributed by atoms with Gasteiger partial charge in [0.15, 0.2) is 5.82 Å². The maximum atomic E-state index is 13.1. The standard InChI is InChI=1S/C43H56N10O8/c1-26-33(28-20-22-53(23-21-28)37(44-11)52-40(58)61-43(8,9)10)45-25-32(47-26)49-35(55)30-16-14-29(15-17-30)34(54)48-31-18-12-27(13-19-31)24-46-36(50-38(56)59-41(2,3)4)51-39(57)60-42(5,6)7/h12-20,25H,21-24H2,1-11H3,(H,48,54)(H,44,52,58)(H,47,49,55)(H2,46,50,51,56,57). The van der Waals surface area contributed by atoms with Gasteiger partial charge in [-0.2, -0.15) is 0 Å². The summed E-state index contributed by atoms with van der Waals surface area (Å²) in [5.74, 6) is -0.285. The molecule has 18 nitrogen and oxygen atoms in total. The topological polar surface area (TPSA) is 227 Å². The van der Waals surface area contributed by atoms with Crippen LogP contribution in [0.4, 0.5) is 25.9 Å². The molecule has 3 aromatic rings. The van der Waals surface area contributed by atoms with Gasteiger partial charge in [0.1, 0.15) is 16.8 Å². The van der Waals surface area contributed by atoms with Crippen LogP contribution < -0.4 is 26.6 Å². The van der Waals surface area contributed by atoms with Crippen LogP contribution >= 0.6 is 0 Å². The molecule has 61 heavy (non-hydrogen) atoms. The van der Waals surface area contributed by atoms with Gasteiger partial charge < -0.3 is 29.7 Å². The number of alkyl carbamates (subject to hydrolysis) is 3. The number of aliphatic imine (C=N–C) groups is 2. The van der Waals surface area contributed by atoms with E-state index in [0.717, 1.165) is 5.57 Å². The van der Waals surface area contributed by atoms with Crippen LogP contribution in [0.25, 0.3) is 5.57 Å². The highest BCUT2D eigenvalue weighted by atomic mass is 16.6. The summed E-state index contributed by atoms with van der Waals surface area (Å²) in [5.41, 5.74) is 2.01. The van der Waals surface area contributed by atoms with Gasteiger partial charge in [-0.1, -0.05) is 18.2 Å². The van der Waals surface area contributed by atoms with Gasteiger partial charge >= 0.3 is 18.3 Å². The predicted molar refractivity (Wildman–Crippen MR) is 232 cm³/mol. The Labute approximate surface area is 356 Å². The number of carbonyl (C=O) groups excluding carboxylic acids is 5. The number of nitrogens with one attached hydrogen (secondary N) is 5. The molecule has 0 saturated heterocycles. The molecule has 0 fully saturated rings. The highest BCUT2D eigenvalue weighted by Crippen LogP contribution is 2.24. The number of aromatic nitrogens is 2. The number of hydrogen-bond acceptors (Lipinski definition) is 12. The zero-order valence-electron chi connectivity index (χ0n) is 36.6. The van der Waals surface area contributed by atoms with E-state index in [1.807, 2.05) is 17.9 Å². The Balaban J connectivity index is 1.31. The van der Waals surface area contributed by atoms with Crippen molar-refractivity contribution in [2.75, 3.05) is 30.8 Å². The number of nitrogens with zero attached hydrogens (tertiary/aromatic N) is 5. The number of amides is 5. The Morgan fingerprint density at radius 2 is 1.23 bits per heavy atom. The van der Waals surface area contributed by atoms with Crippen molar-refractivity contribution in [1.82, 2.24) is 30.8 Å². The molecule has 0 radical (unpaired) electrons. The van der Waals surface area contributed by atoms with E-state index in [4.69, 9.17) is 14.2 Å². The molecule has 1 aromatic heterocycles. The lowest BCUT2D eigenvalue weighted by Crippen LogP contribution is -2.47. The SMILES string of the molecule is CN=C(NC(=O)OC(C)(C)C)N1CC=C(c2ncc(NC(=O)c3ccc(C(=O)Nc4ccc(CN=C(NC(=O)OC(C)(C)C)NC(=O)OC(C)(C)C)cc4)cc3)nc2C)CC1. The highest BCUT2D eigenvalue weighted by molar-refractivity contribution is 6.07. The summed E-state index contributed by atoms with van der Waals surface area (Å²) in [6.07, 6.45) is 1.95. The van der Waals surface area contributed by atoms with E-state index in [0.29, 0.717) is 59.2 Å². The monoisotopic (exact) mass is 840 g/mol. The molecular formula is C43H56N10O8. The third-order valence-electron chi connectivity index (χ3n) is 8.11. The Bertz CT molecular complexity index is 2150. The van der Waals surface area contributed by atoms with Gasteiger partial charge in [-0.25, -0.2) is 24.4 Å². The summed E-state index contributed by atoms with van der Waals surface area (Å²) in [6.45, 7) is 18.6. The molecular weight excluding hydrogens is 785 g/mol. The number of benzene rings is 2. The first kappa shape index (κ1) is 46.8. The second-order valence-electron chi connectivity index (χ2n) is 16.9. The molecule has 2 heterocycles. The second kappa shape index (κ2) is 19.9. The molecule has 0 saturated carbocycles. The van der Waals surface area contributed by atoms with Gasteiger partial charge in [0, 0.05) is 37.0 Å². The van der Waals surface area contributed by atoms with Gasteiger partial charge in [0.2, 0.25) is 11.9 Å². The molecule has 1 aliphatic heterocycles. The Morgan fingerprint density at radius 3 is 1.69 bits per heavy atom. The maximum absolute atomic E-state index is 13.1. The summed E-state index contributed by atoms with van der Waals surface area (Å²) >= 11 is 0. The van der Waals surface area contributed by atoms with E-state index in [9.17, 15) is 24.0 Å². The van der Waals surface area contributed by atoms with Crippen molar-refractivity contribution in [2.45, 2.75) is 99.0 Å². The van der Waals surface area contributed by atoms with Crippen molar-refractivity contribution in [3.63, 3.8) is 0 Å². The third-order valence-corrected chi connectivity index (χ3v) is 8.11. The van der Waals surface area contributed by atoms with Crippen LogP contribution in [0.15, 0.2) is 70.8 Å². The molecule has 326 valence electrons. The van der Waals surface area contributed by atoms with Crippen LogP contribution in [-0.4, -0.2) is 93.8 Å². The molecule has 0 atom stereocenters. The smallest absolute Gasteiger partial charge is 0.414 e. The number of anilines is 2. The largest absolute Gasteiger partial charge is 0.444 e. The highest BCUT2D eigenvalue weighted by Gasteiger charge is 2.24. The lowest BCUT2D eigenvalue weighted by Gasteiger charge is -2.30. The van der Waals surface area contributed by atoms with Gasteiger partial charge in [0.05, 0.1) is 24.1 Å². The number of hydrogen-bond donors (Lipinski definition) is 5. The average Bonchev–Trinajstić information content (AvgIpc) is 3.14. The number of aryl methyl sites for hydroxylation is 1. The van der Waals surface area contributed by atoms with Gasteiger partial charge in [-0.05, 0) is 123 Å². The number of ether oxygens (including phenoxy) is 3. The van der Waals surface area contributed by atoms with Crippen molar-refractivity contribution in [2.24, 2.45) is 9.98 Å². The molecule has 5 N–H and O–H groups in total. The molecule has 0 bridgehead atoms. The van der Waals surface area contributed by atoms with Crippen LogP contribution in [-0.2, 0) is 20.8 Å². The third kappa shape index (κ3) is 15.7. The zero-order chi connectivity index (χ0) is 45.1. The van der Waals surface area contributed by atoms with Crippen LogP contribution in [0.1, 0.15) is 106 Å². The summed E-state index contributed by atoms with van der Waals surface area (Å²) in [4.78, 5) is 82.8. The lowest BCUT2D eigenvalue weighted by atomic mass is 10.0. The van der Waals surface area contributed by atoms with Gasteiger partial charge in [-0.15, -0.1) is 0 Å². The fourth-order valence-corrected chi connectivity index (χ4v) is 5.54. The van der Waals surface area contributed by atoms with Crippen molar-refractivity contribution >= 4 is 59.1 Å². The zero-order valence-corrected chi connectivity index (χ0v) is 36.6.